The van der Waals surface area contributed by atoms with Crippen LogP contribution < -0.4 is 4.74 Å². The van der Waals surface area contributed by atoms with Gasteiger partial charge in [-0.25, -0.2) is 0 Å². The van der Waals surface area contributed by atoms with E-state index in [4.69, 9.17) is 9.15 Å². The zero-order chi connectivity index (χ0) is 20.7. The minimum atomic E-state index is 0.424. The summed E-state index contributed by atoms with van der Waals surface area (Å²) in [4.78, 5) is 0. The summed E-state index contributed by atoms with van der Waals surface area (Å²) in [5, 5.41) is 18.9. The van der Waals surface area contributed by atoms with Crippen molar-refractivity contribution >= 4 is 16.7 Å². The van der Waals surface area contributed by atoms with Crippen molar-refractivity contribution in [3.05, 3.63) is 70.5 Å². The molecule has 2 aromatic carbocycles. The van der Waals surface area contributed by atoms with Crippen molar-refractivity contribution in [3.63, 3.8) is 0 Å². The van der Waals surface area contributed by atoms with E-state index in [9.17, 15) is 5.21 Å². The number of furan rings is 1. The molecule has 0 saturated heterocycles. The topological polar surface area (TPSA) is 72.8 Å². The van der Waals surface area contributed by atoms with Gasteiger partial charge in [-0.05, 0) is 55.7 Å². The minimum absolute atomic E-state index is 0.424. The van der Waals surface area contributed by atoms with Gasteiger partial charge < -0.3 is 14.4 Å². The van der Waals surface area contributed by atoms with Gasteiger partial charge in [-0.1, -0.05) is 17.3 Å². The van der Waals surface area contributed by atoms with Gasteiger partial charge in [0.1, 0.15) is 22.8 Å². The molecular weight excluding hydrogens is 366 g/mol. The lowest BCUT2D eigenvalue weighted by molar-refractivity contribution is 0.319. The first kappa shape index (κ1) is 18.8. The second kappa shape index (κ2) is 7.13. The van der Waals surface area contributed by atoms with Crippen LogP contribution in [0, 0.1) is 20.8 Å². The quantitative estimate of drug-likeness (QED) is 0.303. The Morgan fingerprint density at radius 2 is 1.97 bits per heavy atom. The van der Waals surface area contributed by atoms with Gasteiger partial charge in [0.25, 0.3) is 0 Å². The van der Waals surface area contributed by atoms with Crippen molar-refractivity contribution in [2.45, 2.75) is 20.8 Å². The first-order chi connectivity index (χ1) is 13.9. The monoisotopic (exact) mass is 389 g/mol. The zero-order valence-electron chi connectivity index (χ0n) is 17.1. The van der Waals surface area contributed by atoms with Gasteiger partial charge in [-0.2, -0.15) is 5.10 Å². The van der Waals surface area contributed by atoms with Crippen LogP contribution in [0.2, 0.25) is 0 Å². The van der Waals surface area contributed by atoms with Crippen LogP contribution in [-0.2, 0) is 7.05 Å². The zero-order valence-corrected chi connectivity index (χ0v) is 17.1. The maximum absolute atomic E-state index is 10.1. The second-order valence-corrected chi connectivity index (χ2v) is 7.28. The number of ether oxygens (including phenoxy) is 1. The summed E-state index contributed by atoms with van der Waals surface area (Å²) in [6, 6.07) is 9.87. The Kier molecular flexibility index (Phi) is 4.62. The fourth-order valence-corrected chi connectivity index (χ4v) is 3.61. The fourth-order valence-electron chi connectivity index (χ4n) is 3.61. The Hall–Kier alpha value is -3.54. The summed E-state index contributed by atoms with van der Waals surface area (Å²) < 4.78 is 13.5. The van der Waals surface area contributed by atoms with Crippen molar-refractivity contribution in [3.8, 4) is 17.1 Å². The molecule has 0 saturated carbocycles. The van der Waals surface area contributed by atoms with Gasteiger partial charge in [-0.3, -0.25) is 4.68 Å². The highest BCUT2D eigenvalue weighted by molar-refractivity contribution is 6.22. The standard InChI is InChI=1S/C23H23N3O3/c1-13-6-7-18-20(8-13)29-23(17-11-24-26(4)12-17)21(18)22(25-27)16-9-14(2)15(3)19(10-16)28-5/h6-12,27H,1-5H3/b25-22+. The molecule has 0 bridgehead atoms. The molecule has 0 radical (unpaired) electrons. The van der Waals surface area contributed by atoms with Gasteiger partial charge >= 0.3 is 0 Å². The number of aryl methyl sites for hydroxylation is 3. The van der Waals surface area contributed by atoms with Crippen molar-refractivity contribution in [2.24, 2.45) is 12.2 Å². The van der Waals surface area contributed by atoms with Crippen molar-refractivity contribution in [2.75, 3.05) is 7.11 Å². The number of rotatable bonds is 4. The van der Waals surface area contributed by atoms with Crippen molar-refractivity contribution < 1.29 is 14.4 Å². The van der Waals surface area contributed by atoms with Crippen molar-refractivity contribution in [1.82, 2.24) is 9.78 Å². The molecule has 29 heavy (non-hydrogen) atoms. The first-order valence-corrected chi connectivity index (χ1v) is 9.33. The molecule has 2 heterocycles. The number of nitrogens with zero attached hydrogens (tertiary/aromatic N) is 3. The Morgan fingerprint density at radius 3 is 2.62 bits per heavy atom. The van der Waals surface area contributed by atoms with Gasteiger partial charge in [0.15, 0.2) is 0 Å². The first-order valence-electron chi connectivity index (χ1n) is 9.33. The van der Waals surface area contributed by atoms with Crippen LogP contribution in [0.4, 0.5) is 0 Å². The predicted octanol–water partition coefficient (Wildman–Crippen LogP) is 4.99. The van der Waals surface area contributed by atoms with Gasteiger partial charge in [0.2, 0.25) is 0 Å². The third kappa shape index (κ3) is 3.16. The lowest BCUT2D eigenvalue weighted by Crippen LogP contribution is -2.06. The van der Waals surface area contributed by atoms with Crippen LogP contribution in [0.25, 0.3) is 22.3 Å². The van der Waals surface area contributed by atoms with E-state index in [-0.39, 0.29) is 0 Å². The number of oxime groups is 1. The molecule has 0 aliphatic rings. The normalized spacial score (nSPS) is 12.0. The average molecular weight is 389 g/mol. The average Bonchev–Trinajstić information content (AvgIpc) is 3.28. The molecule has 1 N–H and O–H groups in total. The third-order valence-corrected chi connectivity index (χ3v) is 5.26. The lowest BCUT2D eigenvalue weighted by Gasteiger charge is -2.12. The number of benzene rings is 2. The molecule has 0 fully saturated rings. The van der Waals surface area contributed by atoms with Gasteiger partial charge in [0.05, 0.1) is 24.4 Å². The van der Waals surface area contributed by atoms with E-state index in [2.05, 4.69) is 10.3 Å². The smallest absolute Gasteiger partial charge is 0.148 e. The molecule has 0 aliphatic carbocycles. The van der Waals surface area contributed by atoms with E-state index in [1.807, 2.05) is 64.3 Å². The van der Waals surface area contributed by atoms with Crippen molar-refractivity contribution in [1.29, 1.82) is 0 Å². The minimum Gasteiger partial charge on any atom is -0.496 e. The molecule has 0 amide bonds. The molecule has 0 aliphatic heterocycles. The Morgan fingerprint density at radius 1 is 1.17 bits per heavy atom. The predicted molar refractivity (Wildman–Crippen MR) is 113 cm³/mol. The SMILES string of the molecule is COc1cc(/C(=N\O)c2c(-c3cnn(C)c3)oc3cc(C)ccc23)cc(C)c1C. The molecule has 148 valence electrons. The van der Waals surface area contributed by atoms with Crippen LogP contribution in [0.5, 0.6) is 5.75 Å². The molecule has 6 nitrogen and oxygen atoms in total. The molecular formula is C23H23N3O3. The molecule has 0 atom stereocenters. The van der Waals surface area contributed by atoms with E-state index in [1.54, 1.807) is 18.0 Å². The van der Waals surface area contributed by atoms with Crippen LogP contribution in [0.3, 0.4) is 0 Å². The molecule has 0 spiro atoms. The van der Waals surface area contributed by atoms with E-state index < -0.39 is 0 Å². The fraction of sp³-hybridized carbons (Fsp3) is 0.217. The summed E-state index contributed by atoms with van der Waals surface area (Å²) in [7, 11) is 3.49. The van der Waals surface area contributed by atoms with Crippen LogP contribution in [0.15, 0.2) is 52.3 Å². The highest BCUT2D eigenvalue weighted by atomic mass is 16.5. The van der Waals surface area contributed by atoms with Gasteiger partial charge in [0, 0.05) is 24.2 Å². The highest BCUT2D eigenvalue weighted by Gasteiger charge is 2.24. The van der Waals surface area contributed by atoms with Crippen LogP contribution in [0.1, 0.15) is 27.8 Å². The lowest BCUT2D eigenvalue weighted by atomic mass is 9.94. The summed E-state index contributed by atoms with van der Waals surface area (Å²) >= 11 is 0. The summed E-state index contributed by atoms with van der Waals surface area (Å²) in [5.41, 5.74) is 6.63. The highest BCUT2D eigenvalue weighted by Crippen LogP contribution is 2.37. The number of fused-ring (bicyclic) bond motifs is 1. The van der Waals surface area contributed by atoms with Crippen LogP contribution in [-0.4, -0.2) is 27.8 Å². The maximum Gasteiger partial charge on any atom is 0.148 e. The summed E-state index contributed by atoms with van der Waals surface area (Å²) in [6.45, 7) is 6.03. The van der Waals surface area contributed by atoms with E-state index in [1.165, 1.54) is 0 Å². The van der Waals surface area contributed by atoms with E-state index >= 15 is 0 Å². The summed E-state index contributed by atoms with van der Waals surface area (Å²) in [5.74, 6) is 1.36. The molecule has 2 aromatic heterocycles. The Bertz CT molecular complexity index is 1250. The van der Waals surface area contributed by atoms with Gasteiger partial charge in [-0.15, -0.1) is 0 Å². The largest absolute Gasteiger partial charge is 0.496 e. The Balaban J connectivity index is 2.02. The second-order valence-electron chi connectivity index (χ2n) is 7.28. The third-order valence-electron chi connectivity index (χ3n) is 5.26. The number of aromatic nitrogens is 2. The van der Waals surface area contributed by atoms with E-state index in [0.29, 0.717) is 11.5 Å². The number of methoxy groups -OCH3 is 1. The maximum atomic E-state index is 10.1. The molecule has 6 heteroatoms. The van der Waals surface area contributed by atoms with E-state index in [0.717, 1.165) is 50.1 Å². The Labute approximate surface area is 169 Å². The number of hydrogen-bond acceptors (Lipinski definition) is 5. The molecule has 4 aromatic rings. The molecule has 0 unspecified atom stereocenters. The number of hydrogen-bond donors (Lipinski definition) is 1. The molecule has 4 rings (SSSR count). The summed E-state index contributed by atoms with van der Waals surface area (Å²) in [6.07, 6.45) is 3.62. The van der Waals surface area contributed by atoms with Crippen LogP contribution >= 0.6 is 0 Å².